The molecule has 30 heavy (non-hydrogen) atoms. The minimum atomic E-state index is -1.21. The summed E-state index contributed by atoms with van der Waals surface area (Å²) in [6.07, 6.45) is -1.21. The number of nitrogens with one attached hydrogen (secondary N) is 2. The normalized spacial score (nSPS) is 13.5. The summed E-state index contributed by atoms with van der Waals surface area (Å²) in [5.74, 6) is -2.68. The van der Waals surface area contributed by atoms with Crippen LogP contribution in [0.4, 0.5) is 4.79 Å². The Bertz CT molecular complexity index is 779. The highest BCUT2D eigenvalue weighted by Gasteiger charge is 2.33. The van der Waals surface area contributed by atoms with Crippen LogP contribution >= 0.6 is 0 Å². The van der Waals surface area contributed by atoms with Crippen LogP contribution in [0, 0.1) is 11.8 Å². The maximum atomic E-state index is 12.7. The van der Waals surface area contributed by atoms with Crippen LogP contribution in [0.2, 0.25) is 0 Å². The molecule has 0 radical (unpaired) electrons. The smallest absolute Gasteiger partial charge is 0.329 e. The van der Waals surface area contributed by atoms with Crippen molar-refractivity contribution in [2.24, 2.45) is 17.6 Å². The zero-order valence-corrected chi connectivity index (χ0v) is 18.7. The van der Waals surface area contributed by atoms with Gasteiger partial charge in [0, 0.05) is 5.56 Å². The minimum absolute atomic E-state index is 0.0450. The molecule has 1 rings (SSSR count). The number of urea groups is 1. The number of imide groups is 1. The van der Waals surface area contributed by atoms with E-state index in [1.165, 1.54) is 0 Å². The van der Waals surface area contributed by atoms with E-state index in [1.54, 1.807) is 39.8 Å². The van der Waals surface area contributed by atoms with Gasteiger partial charge in [-0.2, -0.15) is 0 Å². The van der Waals surface area contributed by atoms with Crippen molar-refractivity contribution in [3.63, 3.8) is 0 Å². The van der Waals surface area contributed by atoms with Gasteiger partial charge in [0.25, 0.3) is 11.8 Å². The second kappa shape index (κ2) is 10.2. The number of benzene rings is 1. The molecule has 0 saturated heterocycles. The molecule has 0 aromatic heterocycles. The number of carbonyl (C=O) groups excluding carboxylic acids is 4. The van der Waals surface area contributed by atoms with Gasteiger partial charge in [0.05, 0.1) is 0 Å². The number of ether oxygens (including phenoxy) is 1. The Morgan fingerprint density at radius 1 is 0.933 bits per heavy atom. The molecule has 0 saturated carbocycles. The molecule has 4 amide bonds. The molecule has 0 aliphatic rings. The summed E-state index contributed by atoms with van der Waals surface area (Å²) < 4.78 is 5.33. The molecule has 0 fully saturated rings. The van der Waals surface area contributed by atoms with Crippen LogP contribution in [-0.2, 0) is 19.7 Å². The number of primary amides is 1. The summed E-state index contributed by atoms with van der Waals surface area (Å²) in [5.41, 5.74) is 6.42. The standard InChI is InChI=1S/C22H33N3O5/c1-12(2)16(20(28)30-17(13(3)4)19(27)25-21(23)29)24-18(26)14-8-10-15(11-9-14)22(5,6)7/h8-13,16-17H,1-7H3,(H,24,26)(H3,23,25,27,29)/t16-,17+/m0/s1. The largest absolute Gasteiger partial charge is 0.450 e. The highest BCUT2D eigenvalue weighted by Crippen LogP contribution is 2.22. The topological polar surface area (TPSA) is 128 Å². The Balaban J connectivity index is 2.94. The lowest BCUT2D eigenvalue weighted by Gasteiger charge is -2.26. The molecular formula is C22H33N3O5. The first kappa shape index (κ1) is 25.1. The molecule has 0 aliphatic carbocycles. The average Bonchev–Trinajstić information content (AvgIpc) is 2.61. The summed E-state index contributed by atoms with van der Waals surface area (Å²) in [6.45, 7) is 13.1. The minimum Gasteiger partial charge on any atom is -0.450 e. The zero-order valence-electron chi connectivity index (χ0n) is 18.7. The SMILES string of the molecule is CC(C)[C@H](NC(=O)c1ccc(C(C)(C)C)cc1)C(=O)O[C@@H](C(=O)NC(N)=O)C(C)C. The molecule has 8 heteroatoms. The molecule has 4 N–H and O–H groups in total. The van der Waals surface area contributed by atoms with E-state index in [0.717, 1.165) is 5.56 Å². The maximum absolute atomic E-state index is 12.7. The number of nitrogens with two attached hydrogens (primary N) is 1. The van der Waals surface area contributed by atoms with Gasteiger partial charge in [0.2, 0.25) is 0 Å². The fourth-order valence-electron chi connectivity index (χ4n) is 2.73. The van der Waals surface area contributed by atoms with Gasteiger partial charge in [-0.25, -0.2) is 9.59 Å². The Hall–Kier alpha value is -2.90. The van der Waals surface area contributed by atoms with Crippen LogP contribution in [0.5, 0.6) is 0 Å². The van der Waals surface area contributed by atoms with Gasteiger partial charge in [0.1, 0.15) is 6.04 Å². The molecular weight excluding hydrogens is 386 g/mol. The predicted octanol–water partition coefficient (Wildman–Crippen LogP) is 2.50. The molecule has 8 nitrogen and oxygen atoms in total. The van der Waals surface area contributed by atoms with Crippen LogP contribution in [0.25, 0.3) is 0 Å². The van der Waals surface area contributed by atoms with Gasteiger partial charge in [-0.1, -0.05) is 60.6 Å². The van der Waals surface area contributed by atoms with E-state index < -0.39 is 41.9 Å². The van der Waals surface area contributed by atoms with Crippen LogP contribution in [0.1, 0.15) is 64.4 Å². The van der Waals surface area contributed by atoms with E-state index in [4.69, 9.17) is 10.5 Å². The summed E-state index contributed by atoms with van der Waals surface area (Å²) in [7, 11) is 0. The lowest BCUT2D eigenvalue weighted by molar-refractivity contribution is -0.161. The summed E-state index contributed by atoms with van der Waals surface area (Å²) >= 11 is 0. The number of hydrogen-bond donors (Lipinski definition) is 3. The second-order valence-corrected chi connectivity index (χ2v) is 8.98. The fraction of sp³-hybridized carbons (Fsp3) is 0.545. The van der Waals surface area contributed by atoms with Gasteiger partial charge in [0.15, 0.2) is 6.10 Å². The van der Waals surface area contributed by atoms with Gasteiger partial charge >= 0.3 is 12.0 Å². The summed E-state index contributed by atoms with van der Waals surface area (Å²) in [4.78, 5) is 48.4. The number of rotatable bonds is 7. The Kier molecular flexibility index (Phi) is 8.57. The Labute approximate surface area is 177 Å². The van der Waals surface area contributed by atoms with Crippen molar-refractivity contribution in [3.05, 3.63) is 35.4 Å². The zero-order chi connectivity index (χ0) is 23.2. The number of hydrogen-bond acceptors (Lipinski definition) is 5. The highest BCUT2D eigenvalue weighted by atomic mass is 16.6. The van der Waals surface area contributed by atoms with Crippen molar-refractivity contribution in [1.29, 1.82) is 0 Å². The monoisotopic (exact) mass is 419 g/mol. The van der Waals surface area contributed by atoms with Crippen molar-refractivity contribution >= 4 is 23.8 Å². The molecule has 0 heterocycles. The molecule has 1 aromatic rings. The molecule has 1 aromatic carbocycles. The van der Waals surface area contributed by atoms with Crippen LogP contribution in [-0.4, -0.2) is 36.0 Å². The van der Waals surface area contributed by atoms with Crippen molar-refractivity contribution in [2.45, 2.75) is 66.0 Å². The Morgan fingerprint density at radius 3 is 1.87 bits per heavy atom. The summed E-state index contributed by atoms with van der Waals surface area (Å²) in [5, 5.41) is 4.59. The lowest BCUT2D eigenvalue weighted by Crippen LogP contribution is -2.50. The van der Waals surface area contributed by atoms with Crippen molar-refractivity contribution in [2.75, 3.05) is 0 Å². The average molecular weight is 420 g/mol. The molecule has 0 unspecified atom stereocenters. The van der Waals surface area contributed by atoms with Gasteiger partial charge < -0.3 is 15.8 Å². The van der Waals surface area contributed by atoms with Gasteiger partial charge in [-0.3, -0.25) is 14.9 Å². The van der Waals surface area contributed by atoms with Crippen LogP contribution in [0.3, 0.4) is 0 Å². The quantitative estimate of drug-likeness (QED) is 0.585. The molecule has 2 atom stereocenters. The second-order valence-electron chi connectivity index (χ2n) is 8.98. The molecule has 0 bridgehead atoms. The van der Waals surface area contributed by atoms with E-state index in [1.807, 2.05) is 17.4 Å². The van der Waals surface area contributed by atoms with Crippen molar-refractivity contribution in [1.82, 2.24) is 10.6 Å². The van der Waals surface area contributed by atoms with Gasteiger partial charge in [-0.05, 0) is 34.9 Å². The van der Waals surface area contributed by atoms with Crippen molar-refractivity contribution in [3.8, 4) is 0 Å². The Morgan fingerprint density at radius 2 is 1.47 bits per heavy atom. The third-order valence-electron chi connectivity index (χ3n) is 4.57. The van der Waals surface area contributed by atoms with Crippen molar-refractivity contribution < 1.29 is 23.9 Å². The first-order valence-corrected chi connectivity index (χ1v) is 9.96. The van der Waals surface area contributed by atoms with Crippen LogP contribution in [0.15, 0.2) is 24.3 Å². The van der Waals surface area contributed by atoms with E-state index in [9.17, 15) is 19.2 Å². The van der Waals surface area contributed by atoms with E-state index in [-0.39, 0.29) is 11.3 Å². The third kappa shape index (κ3) is 7.17. The number of carbonyl (C=O) groups is 4. The number of esters is 1. The number of amides is 4. The lowest BCUT2D eigenvalue weighted by atomic mass is 9.86. The highest BCUT2D eigenvalue weighted by molar-refractivity contribution is 5.98. The predicted molar refractivity (Wildman–Crippen MR) is 114 cm³/mol. The molecule has 166 valence electrons. The first-order valence-electron chi connectivity index (χ1n) is 9.96. The van der Waals surface area contributed by atoms with E-state index in [2.05, 4.69) is 26.1 Å². The first-order chi connectivity index (χ1) is 13.7. The summed E-state index contributed by atoms with van der Waals surface area (Å²) in [6, 6.07) is 5.16. The molecule has 0 spiro atoms. The van der Waals surface area contributed by atoms with E-state index in [0.29, 0.717) is 5.56 Å². The van der Waals surface area contributed by atoms with E-state index >= 15 is 0 Å². The fourth-order valence-corrected chi connectivity index (χ4v) is 2.73. The van der Waals surface area contributed by atoms with Gasteiger partial charge in [-0.15, -0.1) is 0 Å². The maximum Gasteiger partial charge on any atom is 0.329 e. The van der Waals surface area contributed by atoms with Crippen LogP contribution < -0.4 is 16.4 Å². The molecule has 0 aliphatic heterocycles. The third-order valence-corrected chi connectivity index (χ3v) is 4.57.